The topological polar surface area (TPSA) is 63.7 Å². The third-order valence-electron chi connectivity index (χ3n) is 7.79. The van der Waals surface area contributed by atoms with Crippen LogP contribution in [0.15, 0.2) is 84.9 Å². The lowest BCUT2D eigenvalue weighted by Gasteiger charge is -2.32. The van der Waals surface area contributed by atoms with Crippen LogP contribution < -0.4 is 5.32 Å². The summed E-state index contributed by atoms with van der Waals surface area (Å²) < 4.78 is 11.8. The Bertz CT molecular complexity index is 1390. The summed E-state index contributed by atoms with van der Waals surface area (Å²) in [6.45, 7) is 6.09. The van der Waals surface area contributed by atoms with Gasteiger partial charge in [-0.2, -0.15) is 0 Å². The Labute approximate surface area is 237 Å². The first-order valence-electron chi connectivity index (χ1n) is 14.3. The van der Waals surface area contributed by atoms with Crippen LogP contribution >= 0.6 is 0 Å². The number of likely N-dealkylation sites (tertiary alicyclic amines) is 1. The van der Waals surface area contributed by atoms with Crippen molar-refractivity contribution in [2.45, 2.75) is 44.9 Å². The number of hydrogen-bond acceptors (Lipinski definition) is 5. The highest BCUT2D eigenvalue weighted by Gasteiger charge is 2.26. The summed E-state index contributed by atoms with van der Waals surface area (Å²) >= 11 is 0. The van der Waals surface area contributed by atoms with E-state index in [9.17, 15) is 4.79 Å². The van der Waals surface area contributed by atoms with E-state index in [-0.39, 0.29) is 18.1 Å². The van der Waals surface area contributed by atoms with Crippen molar-refractivity contribution in [1.82, 2.24) is 15.2 Å². The van der Waals surface area contributed by atoms with Gasteiger partial charge in [-0.25, -0.2) is 4.98 Å². The number of carbonyl (C=O) groups is 1. The van der Waals surface area contributed by atoms with E-state index in [2.05, 4.69) is 41.4 Å². The number of carbonyl (C=O) groups excluding carboxylic acids is 1. The molecule has 6 heteroatoms. The van der Waals surface area contributed by atoms with Crippen LogP contribution in [0.25, 0.3) is 22.2 Å². The molecule has 0 bridgehead atoms. The molecule has 5 rings (SSSR count). The Morgan fingerprint density at radius 3 is 2.35 bits per heavy atom. The number of para-hydroxylation sites is 1. The molecule has 1 aliphatic rings. The van der Waals surface area contributed by atoms with E-state index in [0.29, 0.717) is 12.2 Å². The summed E-state index contributed by atoms with van der Waals surface area (Å²) in [6.07, 6.45) is 2.84. The zero-order valence-corrected chi connectivity index (χ0v) is 23.5. The number of amides is 1. The van der Waals surface area contributed by atoms with Gasteiger partial charge in [0.25, 0.3) is 5.91 Å². The first-order chi connectivity index (χ1) is 19.7. The zero-order valence-electron chi connectivity index (χ0n) is 23.5. The minimum Gasteiger partial charge on any atom is -0.383 e. The van der Waals surface area contributed by atoms with Gasteiger partial charge < -0.3 is 19.7 Å². The van der Waals surface area contributed by atoms with Crippen molar-refractivity contribution >= 4 is 16.8 Å². The fraction of sp³-hybridized carbons (Fsp3) is 0.353. The van der Waals surface area contributed by atoms with Gasteiger partial charge in [0.2, 0.25) is 0 Å². The molecular formula is C34H39N3O3. The molecule has 1 N–H and O–H groups in total. The normalized spacial score (nSPS) is 15.2. The van der Waals surface area contributed by atoms with Crippen LogP contribution in [0.3, 0.4) is 0 Å². The van der Waals surface area contributed by atoms with Gasteiger partial charge in [0, 0.05) is 43.3 Å². The van der Waals surface area contributed by atoms with Gasteiger partial charge in [0.1, 0.15) is 0 Å². The molecule has 2 heterocycles. The molecule has 1 fully saturated rings. The Hall–Kier alpha value is -3.58. The largest absolute Gasteiger partial charge is 0.383 e. The molecule has 1 saturated heterocycles. The molecule has 0 saturated carbocycles. The van der Waals surface area contributed by atoms with Gasteiger partial charge in [-0.05, 0) is 30.9 Å². The van der Waals surface area contributed by atoms with Crippen molar-refractivity contribution in [2.75, 3.05) is 33.4 Å². The van der Waals surface area contributed by atoms with Crippen molar-refractivity contribution in [2.24, 2.45) is 0 Å². The van der Waals surface area contributed by atoms with E-state index < -0.39 is 0 Å². The third kappa shape index (κ3) is 6.58. The van der Waals surface area contributed by atoms with Crippen molar-refractivity contribution in [3.05, 3.63) is 102 Å². The number of nitrogens with one attached hydrogen (secondary N) is 1. The van der Waals surface area contributed by atoms with E-state index >= 15 is 0 Å². The fourth-order valence-corrected chi connectivity index (χ4v) is 5.54. The highest BCUT2D eigenvalue weighted by atomic mass is 16.5. The van der Waals surface area contributed by atoms with E-state index in [4.69, 9.17) is 14.5 Å². The van der Waals surface area contributed by atoms with Gasteiger partial charge in [-0.1, -0.05) is 85.8 Å². The number of ether oxygens (including phenoxy) is 2. The van der Waals surface area contributed by atoms with E-state index in [0.717, 1.165) is 78.8 Å². The number of pyridine rings is 1. The van der Waals surface area contributed by atoms with Crippen molar-refractivity contribution in [1.29, 1.82) is 0 Å². The molecule has 1 atom stereocenters. The third-order valence-corrected chi connectivity index (χ3v) is 7.79. The van der Waals surface area contributed by atoms with Crippen molar-refractivity contribution < 1.29 is 14.3 Å². The molecule has 0 spiro atoms. The molecule has 4 aromatic rings. The summed E-state index contributed by atoms with van der Waals surface area (Å²) in [7, 11) is 1.74. The Kier molecular flexibility index (Phi) is 9.55. The van der Waals surface area contributed by atoms with Gasteiger partial charge in [0.15, 0.2) is 0 Å². The van der Waals surface area contributed by atoms with E-state index in [1.54, 1.807) is 7.11 Å². The molecule has 208 valence electrons. The fourth-order valence-electron chi connectivity index (χ4n) is 5.54. The predicted octanol–water partition coefficient (Wildman–Crippen LogP) is 6.41. The lowest BCUT2D eigenvalue weighted by molar-refractivity contribution is -0.00621. The van der Waals surface area contributed by atoms with E-state index in [1.165, 1.54) is 0 Å². The number of fused-ring (bicyclic) bond motifs is 1. The summed E-state index contributed by atoms with van der Waals surface area (Å²) in [6, 6.07) is 28.1. The molecule has 1 aliphatic heterocycles. The lowest BCUT2D eigenvalue weighted by atomic mass is 9.95. The standard InChI is InChI=1S/C34H39N3O3/c1-3-30(25-12-6-4-7-13-25)36-34(38)32-28-16-10-11-17-31(28)35-33(26-14-8-5-9-15-26)29(32)24-40-27-18-20-37(21-19-27)22-23-39-2/h4-17,27,30H,3,18-24H2,1-2H3,(H,36,38)/t30-/m0/s1. The second kappa shape index (κ2) is 13.7. The maximum absolute atomic E-state index is 14.2. The average Bonchev–Trinajstić information content (AvgIpc) is 3.02. The summed E-state index contributed by atoms with van der Waals surface area (Å²) in [5.74, 6) is -0.0977. The molecule has 3 aromatic carbocycles. The Balaban J connectivity index is 1.50. The van der Waals surface area contributed by atoms with Crippen LogP contribution in [0.1, 0.15) is 53.7 Å². The van der Waals surface area contributed by atoms with Crippen molar-refractivity contribution in [3.63, 3.8) is 0 Å². The van der Waals surface area contributed by atoms with Gasteiger partial charge in [0.05, 0.1) is 42.1 Å². The van der Waals surface area contributed by atoms with Crippen LogP contribution in [0, 0.1) is 0 Å². The molecule has 0 aliphatic carbocycles. The summed E-state index contributed by atoms with van der Waals surface area (Å²) in [5.41, 5.74) is 5.16. The quantitative estimate of drug-likeness (QED) is 0.240. The number of piperidine rings is 1. The Morgan fingerprint density at radius 1 is 0.975 bits per heavy atom. The van der Waals surface area contributed by atoms with Crippen LogP contribution in [0.5, 0.6) is 0 Å². The summed E-state index contributed by atoms with van der Waals surface area (Å²) in [5, 5.41) is 4.18. The lowest BCUT2D eigenvalue weighted by Crippen LogP contribution is -2.38. The number of methoxy groups -OCH3 is 1. The molecule has 1 amide bonds. The van der Waals surface area contributed by atoms with Crippen LogP contribution in [0.2, 0.25) is 0 Å². The molecule has 1 aromatic heterocycles. The SMILES string of the molecule is CC[C@H](NC(=O)c1c(COC2CCN(CCOC)CC2)c(-c2ccccc2)nc2ccccc12)c1ccccc1. The summed E-state index contributed by atoms with van der Waals surface area (Å²) in [4.78, 5) is 21.7. The van der Waals surface area contributed by atoms with Gasteiger partial charge in [-0.3, -0.25) is 4.79 Å². The average molecular weight is 538 g/mol. The number of nitrogens with zero attached hydrogens (tertiary/aromatic N) is 2. The number of benzene rings is 3. The monoisotopic (exact) mass is 537 g/mol. The first-order valence-corrected chi connectivity index (χ1v) is 14.3. The molecule has 0 radical (unpaired) electrons. The minimum absolute atomic E-state index is 0.0917. The second-order valence-electron chi connectivity index (χ2n) is 10.4. The highest BCUT2D eigenvalue weighted by Crippen LogP contribution is 2.32. The van der Waals surface area contributed by atoms with Crippen LogP contribution in [-0.4, -0.2) is 55.2 Å². The molecule has 40 heavy (non-hydrogen) atoms. The van der Waals surface area contributed by atoms with E-state index in [1.807, 2.05) is 60.7 Å². The van der Waals surface area contributed by atoms with Crippen LogP contribution in [-0.2, 0) is 16.1 Å². The maximum Gasteiger partial charge on any atom is 0.252 e. The minimum atomic E-state index is -0.0977. The molecule has 0 unspecified atom stereocenters. The predicted molar refractivity (Wildman–Crippen MR) is 160 cm³/mol. The molecule has 6 nitrogen and oxygen atoms in total. The molecular weight excluding hydrogens is 498 g/mol. The van der Waals surface area contributed by atoms with Gasteiger partial charge >= 0.3 is 0 Å². The first kappa shape index (κ1) is 28.0. The maximum atomic E-state index is 14.2. The Morgan fingerprint density at radius 2 is 1.65 bits per heavy atom. The number of aromatic nitrogens is 1. The highest BCUT2D eigenvalue weighted by molar-refractivity contribution is 6.09. The zero-order chi connectivity index (χ0) is 27.7. The van der Waals surface area contributed by atoms with Crippen molar-refractivity contribution in [3.8, 4) is 11.3 Å². The van der Waals surface area contributed by atoms with Crippen LogP contribution in [0.4, 0.5) is 0 Å². The number of hydrogen-bond donors (Lipinski definition) is 1. The second-order valence-corrected chi connectivity index (χ2v) is 10.4. The smallest absolute Gasteiger partial charge is 0.252 e. The number of rotatable bonds is 11. The van der Waals surface area contributed by atoms with Gasteiger partial charge in [-0.15, -0.1) is 0 Å².